The molecule has 0 N–H and O–H groups in total. The highest BCUT2D eigenvalue weighted by Gasteiger charge is 2.26. The highest BCUT2D eigenvalue weighted by molar-refractivity contribution is 7.99. The molecule has 1 saturated heterocycles. The van der Waals surface area contributed by atoms with Crippen LogP contribution in [0.3, 0.4) is 0 Å². The Kier molecular flexibility index (Phi) is 6.85. The average molecular weight is 413 g/mol. The summed E-state index contributed by atoms with van der Waals surface area (Å²) in [6, 6.07) is 3.30. The van der Waals surface area contributed by atoms with E-state index in [1.54, 1.807) is 12.1 Å². The van der Waals surface area contributed by atoms with Crippen LogP contribution in [0.25, 0.3) is 0 Å². The first-order valence-electron chi connectivity index (χ1n) is 9.04. The van der Waals surface area contributed by atoms with Crippen molar-refractivity contribution in [1.29, 1.82) is 0 Å². The highest BCUT2D eigenvalue weighted by atomic mass is 32.2. The quantitative estimate of drug-likeness (QED) is 0.610. The van der Waals surface area contributed by atoms with E-state index in [4.69, 9.17) is 9.26 Å². The van der Waals surface area contributed by atoms with E-state index in [9.17, 15) is 8.42 Å². The van der Waals surface area contributed by atoms with Gasteiger partial charge in [0, 0.05) is 25.7 Å². The number of aromatic nitrogens is 3. The summed E-state index contributed by atoms with van der Waals surface area (Å²) in [7, 11) is -3.52. The summed E-state index contributed by atoms with van der Waals surface area (Å²) in [6.07, 6.45) is 4.32. The van der Waals surface area contributed by atoms with Gasteiger partial charge in [0.2, 0.25) is 15.9 Å². The Morgan fingerprint density at radius 1 is 1.30 bits per heavy atom. The number of hydrogen-bond donors (Lipinski definition) is 0. The molecule has 2 aromatic rings. The molecule has 27 heavy (non-hydrogen) atoms. The summed E-state index contributed by atoms with van der Waals surface area (Å²) in [5.41, 5.74) is 0. The highest BCUT2D eigenvalue weighted by Crippen LogP contribution is 2.33. The van der Waals surface area contributed by atoms with Gasteiger partial charge in [0.15, 0.2) is 5.82 Å². The van der Waals surface area contributed by atoms with Gasteiger partial charge in [-0.05, 0) is 25.5 Å². The van der Waals surface area contributed by atoms with Crippen LogP contribution in [0.2, 0.25) is 0 Å². The first kappa shape index (κ1) is 20.2. The summed E-state index contributed by atoms with van der Waals surface area (Å²) in [5.74, 6) is 1.28. The molecule has 3 rings (SSSR count). The molecule has 1 fully saturated rings. The molecule has 0 aliphatic carbocycles. The van der Waals surface area contributed by atoms with Crippen molar-refractivity contribution in [2.45, 2.75) is 48.3 Å². The first-order valence-corrected chi connectivity index (χ1v) is 11.4. The molecule has 1 aliphatic heterocycles. The number of unbranched alkanes of at least 4 members (excludes halogenated alkanes) is 1. The summed E-state index contributed by atoms with van der Waals surface area (Å²) < 4.78 is 37.2. The SMILES string of the molecule is CCCCc1noc(C(C)Sc2ccc(S(=O)(=O)N3CCOCC3)cn2)n1. The Bertz CT molecular complexity index is 833. The second-order valence-corrected chi connectivity index (χ2v) is 9.56. The fourth-order valence-corrected chi connectivity index (χ4v) is 4.80. The molecule has 148 valence electrons. The van der Waals surface area contributed by atoms with Crippen LogP contribution in [0.15, 0.2) is 32.8 Å². The van der Waals surface area contributed by atoms with Crippen molar-refractivity contribution in [3.63, 3.8) is 0 Å². The molecular weight excluding hydrogens is 388 g/mol. The Morgan fingerprint density at radius 3 is 2.74 bits per heavy atom. The Hall–Kier alpha value is -1.49. The van der Waals surface area contributed by atoms with Crippen molar-refractivity contribution in [3.8, 4) is 0 Å². The van der Waals surface area contributed by atoms with Gasteiger partial charge >= 0.3 is 0 Å². The van der Waals surface area contributed by atoms with E-state index in [1.165, 1.54) is 22.3 Å². The Balaban J connectivity index is 1.64. The lowest BCUT2D eigenvalue weighted by Gasteiger charge is -2.25. The first-order chi connectivity index (χ1) is 13.0. The van der Waals surface area contributed by atoms with E-state index in [0.717, 1.165) is 25.1 Å². The van der Waals surface area contributed by atoms with Crippen molar-refractivity contribution in [2.24, 2.45) is 0 Å². The number of rotatable bonds is 8. The molecule has 3 heterocycles. The molecule has 1 atom stereocenters. The number of aryl methyl sites for hydroxylation is 1. The van der Waals surface area contributed by atoms with Crippen LogP contribution in [-0.4, -0.2) is 54.2 Å². The maximum Gasteiger partial charge on any atom is 0.244 e. The maximum atomic E-state index is 12.6. The number of pyridine rings is 1. The molecule has 1 aliphatic rings. The number of morpholine rings is 1. The van der Waals surface area contributed by atoms with Gasteiger partial charge in [-0.3, -0.25) is 0 Å². The van der Waals surface area contributed by atoms with Gasteiger partial charge in [0.1, 0.15) is 4.90 Å². The summed E-state index contributed by atoms with van der Waals surface area (Å²) in [6.45, 7) is 5.65. The predicted molar refractivity (Wildman–Crippen MR) is 101 cm³/mol. The lowest BCUT2D eigenvalue weighted by Crippen LogP contribution is -2.40. The smallest absolute Gasteiger partial charge is 0.244 e. The van der Waals surface area contributed by atoms with Gasteiger partial charge in [-0.25, -0.2) is 13.4 Å². The fourth-order valence-electron chi connectivity index (χ4n) is 2.63. The van der Waals surface area contributed by atoms with E-state index in [-0.39, 0.29) is 10.1 Å². The van der Waals surface area contributed by atoms with Gasteiger partial charge in [0.25, 0.3) is 0 Å². The molecule has 0 amide bonds. The number of sulfonamides is 1. The van der Waals surface area contributed by atoms with E-state index < -0.39 is 10.0 Å². The molecule has 8 nitrogen and oxygen atoms in total. The van der Waals surface area contributed by atoms with Crippen molar-refractivity contribution in [1.82, 2.24) is 19.4 Å². The molecule has 0 spiro atoms. The van der Waals surface area contributed by atoms with Crippen LogP contribution in [0, 0.1) is 0 Å². The second kappa shape index (κ2) is 9.13. The molecule has 2 aromatic heterocycles. The average Bonchev–Trinajstić information content (AvgIpc) is 3.16. The monoisotopic (exact) mass is 412 g/mol. The Labute approximate surface area is 163 Å². The van der Waals surface area contributed by atoms with Gasteiger partial charge in [-0.2, -0.15) is 9.29 Å². The topological polar surface area (TPSA) is 98.4 Å². The van der Waals surface area contributed by atoms with Crippen LogP contribution in [0.4, 0.5) is 0 Å². The van der Waals surface area contributed by atoms with Crippen LogP contribution in [0.5, 0.6) is 0 Å². The summed E-state index contributed by atoms with van der Waals surface area (Å²) in [4.78, 5) is 8.91. The number of nitrogens with zero attached hydrogens (tertiary/aromatic N) is 4. The normalized spacial score (nSPS) is 17.1. The maximum absolute atomic E-state index is 12.6. The third-order valence-corrected chi connectivity index (χ3v) is 7.12. The zero-order valence-corrected chi connectivity index (χ0v) is 17.1. The van der Waals surface area contributed by atoms with Crippen molar-refractivity contribution < 1.29 is 17.7 Å². The largest absolute Gasteiger partial charge is 0.379 e. The summed E-state index contributed by atoms with van der Waals surface area (Å²) >= 11 is 1.45. The van der Waals surface area contributed by atoms with Crippen molar-refractivity contribution in [2.75, 3.05) is 26.3 Å². The standard InChI is InChI=1S/C17H24N4O4S2/c1-3-4-5-15-19-17(25-20-15)13(2)26-16-7-6-14(12-18-16)27(22,23)21-8-10-24-11-9-21/h6-7,12-13H,3-5,8-11H2,1-2H3. The number of hydrogen-bond acceptors (Lipinski definition) is 8. The van der Waals surface area contributed by atoms with Crippen molar-refractivity contribution in [3.05, 3.63) is 30.0 Å². The lowest BCUT2D eigenvalue weighted by molar-refractivity contribution is 0.0730. The zero-order valence-electron chi connectivity index (χ0n) is 15.5. The van der Waals surface area contributed by atoms with E-state index in [1.807, 2.05) is 6.92 Å². The number of ether oxygens (including phenoxy) is 1. The lowest BCUT2D eigenvalue weighted by atomic mass is 10.2. The molecule has 10 heteroatoms. The molecular formula is C17H24N4O4S2. The van der Waals surface area contributed by atoms with E-state index >= 15 is 0 Å². The molecule has 0 saturated carbocycles. The third kappa shape index (κ3) is 5.07. The van der Waals surface area contributed by atoms with Crippen molar-refractivity contribution >= 4 is 21.8 Å². The van der Waals surface area contributed by atoms with E-state index in [0.29, 0.717) is 37.2 Å². The third-order valence-electron chi connectivity index (χ3n) is 4.20. The molecule has 1 unspecified atom stereocenters. The molecule has 0 radical (unpaired) electrons. The fraction of sp³-hybridized carbons (Fsp3) is 0.588. The van der Waals surface area contributed by atoms with Crippen LogP contribution >= 0.6 is 11.8 Å². The van der Waals surface area contributed by atoms with Crippen LogP contribution in [0.1, 0.15) is 43.7 Å². The predicted octanol–water partition coefficient (Wildman–Crippen LogP) is 2.68. The van der Waals surface area contributed by atoms with Gasteiger partial charge in [-0.15, -0.1) is 0 Å². The minimum absolute atomic E-state index is 0.0675. The van der Waals surface area contributed by atoms with E-state index in [2.05, 4.69) is 22.0 Å². The van der Waals surface area contributed by atoms with Crippen LogP contribution < -0.4 is 0 Å². The second-order valence-electron chi connectivity index (χ2n) is 6.26. The van der Waals surface area contributed by atoms with Gasteiger partial charge in [-0.1, -0.05) is 30.3 Å². The summed E-state index contributed by atoms with van der Waals surface area (Å²) in [5, 5.41) is 4.64. The minimum atomic E-state index is -3.52. The van der Waals surface area contributed by atoms with Gasteiger partial charge < -0.3 is 9.26 Å². The van der Waals surface area contributed by atoms with Gasteiger partial charge in [0.05, 0.1) is 23.5 Å². The molecule has 0 aromatic carbocycles. The zero-order chi connectivity index (χ0) is 19.3. The minimum Gasteiger partial charge on any atom is -0.379 e. The number of thioether (sulfide) groups is 1. The molecule has 0 bridgehead atoms. The van der Waals surface area contributed by atoms with Crippen LogP contribution in [-0.2, 0) is 21.2 Å². The Morgan fingerprint density at radius 2 is 2.07 bits per heavy atom.